The first-order chi connectivity index (χ1) is 20.8. The lowest BCUT2D eigenvalue weighted by molar-refractivity contribution is 1.18. The van der Waals surface area contributed by atoms with Crippen molar-refractivity contribution in [1.29, 1.82) is 0 Å². The summed E-state index contributed by atoms with van der Waals surface area (Å²) in [5, 5.41) is 7.82. The third-order valence-electron chi connectivity index (χ3n) is 8.14. The summed E-state index contributed by atoms with van der Waals surface area (Å²) in [6.45, 7) is 0. The fourth-order valence-electron chi connectivity index (χ4n) is 5.94. The van der Waals surface area contributed by atoms with Gasteiger partial charge in [0, 0.05) is 43.7 Å². The number of aromatic nitrogens is 2. The van der Waals surface area contributed by atoms with Crippen LogP contribution in [-0.4, -0.2) is 9.97 Å². The molecule has 9 rings (SSSR count). The summed E-state index contributed by atoms with van der Waals surface area (Å²) in [5.41, 5.74) is 5.56. The van der Waals surface area contributed by atoms with E-state index in [0.29, 0.717) is 0 Å². The second kappa shape index (κ2) is 9.31. The van der Waals surface area contributed by atoms with Crippen LogP contribution in [0.3, 0.4) is 0 Å². The van der Waals surface area contributed by atoms with Gasteiger partial charge < -0.3 is 0 Å². The van der Waals surface area contributed by atoms with Crippen LogP contribution in [0.1, 0.15) is 0 Å². The minimum absolute atomic E-state index is 0.736. The number of rotatable bonds is 3. The van der Waals surface area contributed by atoms with Crippen molar-refractivity contribution < 1.29 is 0 Å². The van der Waals surface area contributed by atoms with Gasteiger partial charge in [0.1, 0.15) is 0 Å². The van der Waals surface area contributed by atoms with Crippen LogP contribution in [0.15, 0.2) is 134 Å². The molecule has 0 fully saturated rings. The van der Waals surface area contributed by atoms with E-state index in [2.05, 4.69) is 115 Å². The van der Waals surface area contributed by atoms with E-state index in [4.69, 9.17) is 9.97 Å². The van der Waals surface area contributed by atoms with Gasteiger partial charge in [-0.05, 0) is 68.6 Å². The minimum Gasteiger partial charge on any atom is -0.236 e. The molecule has 0 bridgehead atoms. The van der Waals surface area contributed by atoms with Crippen molar-refractivity contribution in [3.05, 3.63) is 134 Å². The smallest absolute Gasteiger partial charge is 0.159 e. The highest BCUT2D eigenvalue weighted by atomic mass is 32.1. The van der Waals surface area contributed by atoms with Crippen LogP contribution < -0.4 is 0 Å². The molecule has 0 aliphatic carbocycles. The van der Waals surface area contributed by atoms with Gasteiger partial charge in [0.25, 0.3) is 0 Å². The van der Waals surface area contributed by atoms with Crippen LogP contribution in [-0.2, 0) is 0 Å². The largest absolute Gasteiger partial charge is 0.236 e. The Labute approximate surface area is 250 Å². The van der Waals surface area contributed by atoms with Gasteiger partial charge in [0.2, 0.25) is 0 Å². The van der Waals surface area contributed by atoms with Gasteiger partial charge in [-0.15, -0.1) is 22.7 Å². The summed E-state index contributed by atoms with van der Waals surface area (Å²) in [7, 11) is 0. The maximum atomic E-state index is 4.72. The molecule has 0 saturated carbocycles. The molecule has 0 spiro atoms. The molecule has 0 N–H and O–H groups in total. The van der Waals surface area contributed by atoms with Crippen LogP contribution in [0.2, 0.25) is 0 Å². The zero-order chi connectivity index (χ0) is 27.6. The van der Waals surface area contributed by atoms with Gasteiger partial charge >= 0.3 is 0 Å². The fraction of sp³-hybridized carbons (Fsp3) is 0. The molecular weight excluding hydrogens is 549 g/mol. The summed E-state index contributed by atoms with van der Waals surface area (Å²) in [6, 6.07) is 43.6. The van der Waals surface area contributed by atoms with Crippen molar-refractivity contribution >= 4 is 73.8 Å². The van der Waals surface area contributed by atoms with Crippen LogP contribution in [0.5, 0.6) is 0 Å². The molecule has 9 aromatic rings. The molecular formula is C38H22N2S2. The van der Waals surface area contributed by atoms with E-state index < -0.39 is 0 Å². The average molecular weight is 571 g/mol. The topological polar surface area (TPSA) is 25.8 Å². The molecule has 196 valence electrons. The lowest BCUT2D eigenvalue weighted by atomic mass is 10.0. The highest BCUT2D eigenvalue weighted by molar-refractivity contribution is 7.36. The Morgan fingerprint density at radius 1 is 0.381 bits per heavy atom. The summed E-state index contributed by atoms with van der Waals surface area (Å²) in [5.74, 6) is 0.736. The zero-order valence-electron chi connectivity index (χ0n) is 22.4. The Balaban J connectivity index is 1.06. The van der Waals surface area contributed by atoms with E-state index in [1.54, 1.807) is 0 Å². The van der Waals surface area contributed by atoms with Gasteiger partial charge in [-0.3, -0.25) is 0 Å². The molecule has 42 heavy (non-hydrogen) atoms. The third kappa shape index (κ3) is 3.84. The summed E-state index contributed by atoms with van der Waals surface area (Å²) in [6.07, 6.45) is 3.87. The van der Waals surface area contributed by atoms with Crippen molar-refractivity contribution in [3.63, 3.8) is 0 Å². The van der Waals surface area contributed by atoms with Crippen LogP contribution in [0.4, 0.5) is 0 Å². The molecule has 4 heteroatoms. The first kappa shape index (κ1) is 23.8. The van der Waals surface area contributed by atoms with Crippen molar-refractivity contribution in [2.24, 2.45) is 0 Å². The highest BCUT2D eigenvalue weighted by Crippen LogP contribution is 2.46. The van der Waals surface area contributed by atoms with Crippen molar-refractivity contribution in [3.8, 4) is 33.6 Å². The van der Waals surface area contributed by atoms with Crippen molar-refractivity contribution in [1.82, 2.24) is 9.97 Å². The first-order valence-corrected chi connectivity index (χ1v) is 15.6. The number of hydrogen-bond acceptors (Lipinski definition) is 4. The fourth-order valence-corrected chi connectivity index (χ4v) is 8.63. The van der Waals surface area contributed by atoms with Gasteiger partial charge in [-0.2, -0.15) is 0 Å². The standard InChI is InChI=1S/C38H22N2S2/c1-2-6-23(7-3-1)24-10-12-25(13-11-24)38-39-21-31(22-40-38)28-14-15-29-18-33-35(20-30(29)16-28)42-36-32-17-26-8-4-5-9-27(26)19-34(32)41-37(33)36/h1-22H. The highest BCUT2D eigenvalue weighted by Gasteiger charge is 2.14. The second-order valence-electron chi connectivity index (χ2n) is 10.7. The Kier molecular flexibility index (Phi) is 5.27. The molecule has 0 aliphatic heterocycles. The molecule has 0 unspecified atom stereocenters. The molecule has 2 nitrogen and oxygen atoms in total. The lowest BCUT2D eigenvalue weighted by Gasteiger charge is -2.07. The minimum atomic E-state index is 0.736. The summed E-state index contributed by atoms with van der Waals surface area (Å²) in [4.78, 5) is 9.44. The molecule has 0 saturated heterocycles. The van der Waals surface area contributed by atoms with Gasteiger partial charge in [-0.25, -0.2) is 9.97 Å². The monoisotopic (exact) mass is 570 g/mol. The Morgan fingerprint density at radius 2 is 0.905 bits per heavy atom. The number of benzene rings is 6. The van der Waals surface area contributed by atoms with Gasteiger partial charge in [-0.1, -0.05) is 91.0 Å². The maximum Gasteiger partial charge on any atom is 0.159 e. The van der Waals surface area contributed by atoms with Gasteiger partial charge in [0.15, 0.2) is 5.82 Å². The molecule has 6 aromatic carbocycles. The van der Waals surface area contributed by atoms with Crippen LogP contribution in [0, 0.1) is 0 Å². The maximum absolute atomic E-state index is 4.72. The molecule has 3 aromatic heterocycles. The number of thiophene rings is 2. The van der Waals surface area contributed by atoms with Crippen LogP contribution in [0.25, 0.3) is 84.8 Å². The summed E-state index contributed by atoms with van der Waals surface area (Å²) < 4.78 is 5.49. The SMILES string of the molecule is c1ccc(-c2ccc(-c3ncc(-c4ccc5cc6c(cc5c4)sc4c5cc7ccccc7cc5sc64)cn3)cc2)cc1. The van der Waals surface area contributed by atoms with Crippen molar-refractivity contribution in [2.75, 3.05) is 0 Å². The Bertz CT molecular complexity index is 2440. The van der Waals surface area contributed by atoms with Gasteiger partial charge in [0.05, 0.1) is 9.40 Å². The van der Waals surface area contributed by atoms with E-state index in [1.807, 2.05) is 41.1 Å². The van der Waals surface area contributed by atoms with E-state index in [0.717, 1.165) is 22.5 Å². The average Bonchev–Trinajstić information content (AvgIpc) is 3.58. The van der Waals surface area contributed by atoms with Crippen molar-refractivity contribution in [2.45, 2.75) is 0 Å². The number of nitrogens with zero attached hydrogens (tertiary/aromatic N) is 2. The number of hydrogen-bond donors (Lipinski definition) is 0. The molecule has 3 heterocycles. The van der Waals surface area contributed by atoms with E-state index >= 15 is 0 Å². The quantitative estimate of drug-likeness (QED) is 0.211. The predicted octanol–water partition coefficient (Wildman–Crippen LogP) is 11.4. The summed E-state index contributed by atoms with van der Waals surface area (Å²) >= 11 is 3.82. The molecule has 0 radical (unpaired) electrons. The molecule has 0 aliphatic rings. The van der Waals surface area contributed by atoms with E-state index in [1.165, 1.54) is 62.2 Å². The normalized spacial score (nSPS) is 11.8. The predicted molar refractivity (Wildman–Crippen MR) is 182 cm³/mol. The van der Waals surface area contributed by atoms with E-state index in [9.17, 15) is 0 Å². The molecule has 0 amide bonds. The van der Waals surface area contributed by atoms with E-state index in [-0.39, 0.29) is 0 Å². The van der Waals surface area contributed by atoms with Crippen LogP contribution >= 0.6 is 22.7 Å². The Hall–Kier alpha value is -4.90. The Morgan fingerprint density at radius 3 is 1.60 bits per heavy atom. The third-order valence-corrected chi connectivity index (χ3v) is 10.6. The lowest BCUT2D eigenvalue weighted by Crippen LogP contribution is -1.90. The molecule has 0 atom stereocenters. The first-order valence-electron chi connectivity index (χ1n) is 14.0. The second-order valence-corrected chi connectivity index (χ2v) is 12.8. The number of fused-ring (bicyclic) bond motifs is 7. The zero-order valence-corrected chi connectivity index (χ0v) is 24.0.